The Balaban J connectivity index is 1.62. The highest BCUT2D eigenvalue weighted by Crippen LogP contribution is 2.35. The highest BCUT2D eigenvalue weighted by atomic mass is 19.1. The summed E-state index contributed by atoms with van der Waals surface area (Å²) in [4.78, 5) is 16.6. The van der Waals surface area contributed by atoms with Crippen LogP contribution in [0.2, 0.25) is 0 Å². The Labute approximate surface area is 212 Å². The number of halogens is 1. The number of nitrogens with zero attached hydrogens (tertiary/aromatic N) is 2. The van der Waals surface area contributed by atoms with Crippen LogP contribution in [-0.2, 0) is 0 Å². The molecule has 2 aromatic carbocycles. The molecule has 1 heterocycles. The molecule has 192 valence electrons. The third-order valence-corrected chi connectivity index (χ3v) is 5.95. The first-order valence-electron chi connectivity index (χ1n) is 12.3. The van der Waals surface area contributed by atoms with E-state index >= 15 is 4.39 Å². The minimum absolute atomic E-state index is 0.334. The van der Waals surface area contributed by atoms with Gasteiger partial charge in [-0.1, -0.05) is 19.8 Å². The Hall–Kier alpha value is -3.80. The van der Waals surface area contributed by atoms with E-state index in [0.29, 0.717) is 42.3 Å². The van der Waals surface area contributed by atoms with E-state index < -0.39 is 17.4 Å². The predicted molar refractivity (Wildman–Crippen MR) is 142 cm³/mol. The van der Waals surface area contributed by atoms with Crippen LogP contribution in [-0.4, -0.2) is 25.5 Å². The van der Waals surface area contributed by atoms with Crippen LogP contribution in [0.15, 0.2) is 35.3 Å². The number of carbonyl (C=O) groups is 1. The Morgan fingerprint density at radius 2 is 2.08 bits per heavy atom. The van der Waals surface area contributed by atoms with Crippen LogP contribution in [0.4, 0.5) is 26.2 Å². The van der Waals surface area contributed by atoms with Crippen molar-refractivity contribution in [3.05, 3.63) is 47.3 Å². The number of aryl methyl sites for hydroxylation is 1. The largest absolute Gasteiger partial charge is 0.493 e. The summed E-state index contributed by atoms with van der Waals surface area (Å²) in [6.45, 7) is 8.62. The lowest BCUT2D eigenvalue weighted by atomic mass is 9.92. The first kappa shape index (κ1) is 26.8. The smallest absolute Gasteiger partial charge is 0.319 e. The van der Waals surface area contributed by atoms with Crippen molar-refractivity contribution in [2.24, 2.45) is 10.4 Å². The highest BCUT2D eigenvalue weighted by molar-refractivity contribution is 5.90. The molecule has 1 unspecified atom stereocenters. The summed E-state index contributed by atoms with van der Waals surface area (Å²) in [5.74, 6) is 0.0933. The fourth-order valence-corrected chi connectivity index (χ4v) is 3.74. The van der Waals surface area contributed by atoms with Crippen LogP contribution >= 0.6 is 0 Å². The van der Waals surface area contributed by atoms with Crippen molar-refractivity contribution in [3.8, 4) is 11.8 Å². The van der Waals surface area contributed by atoms with E-state index in [1.54, 1.807) is 18.5 Å². The molecule has 0 saturated carbocycles. The molecule has 0 radical (unpaired) electrons. The van der Waals surface area contributed by atoms with Gasteiger partial charge in [0.05, 0.1) is 35.7 Å². The average Bonchev–Trinajstić information content (AvgIpc) is 2.83. The van der Waals surface area contributed by atoms with Gasteiger partial charge in [0.2, 0.25) is 0 Å². The number of aliphatic imine (C=N–C) groups is 1. The van der Waals surface area contributed by atoms with E-state index in [9.17, 15) is 4.79 Å². The Kier molecular flexibility index (Phi) is 9.12. The standard InChI is InChI=1S/C27H35FN6O2/c1-5-6-7-12-36-20-14-21(28)24-23(15-20)31-17-32-25(24)33-19-8-9-22(18(2)13-19)34-26(35)30-11-10-27(3,4)16-29/h8-9,13-15,17,25,33H,5-7,10-12H2,1-4H3,(H,31,32)(H2,30,34,35). The molecule has 2 amide bonds. The number of amides is 2. The number of hydrogen-bond acceptors (Lipinski definition) is 6. The number of carbonyl (C=O) groups excluding carboxylic acids is 1. The molecule has 0 aromatic heterocycles. The van der Waals surface area contributed by atoms with Crippen LogP contribution in [0.3, 0.4) is 0 Å². The molecule has 0 aliphatic carbocycles. The third kappa shape index (κ3) is 7.35. The first-order valence-corrected chi connectivity index (χ1v) is 12.3. The van der Waals surface area contributed by atoms with Crippen LogP contribution < -0.4 is 26.0 Å². The van der Waals surface area contributed by atoms with E-state index in [2.05, 4.69) is 39.3 Å². The van der Waals surface area contributed by atoms with Gasteiger partial charge in [0.15, 0.2) is 6.17 Å². The molecule has 4 N–H and O–H groups in total. The zero-order chi connectivity index (χ0) is 26.1. The number of anilines is 3. The second-order valence-corrected chi connectivity index (χ2v) is 9.55. The Morgan fingerprint density at radius 1 is 1.28 bits per heavy atom. The van der Waals surface area contributed by atoms with Crippen LogP contribution in [0, 0.1) is 29.5 Å². The predicted octanol–water partition coefficient (Wildman–Crippen LogP) is 6.33. The molecule has 1 atom stereocenters. The summed E-state index contributed by atoms with van der Waals surface area (Å²) < 4.78 is 20.8. The molecule has 0 spiro atoms. The molecule has 3 rings (SSSR count). The highest BCUT2D eigenvalue weighted by Gasteiger charge is 2.23. The average molecular weight is 495 g/mol. The molecule has 36 heavy (non-hydrogen) atoms. The van der Waals surface area contributed by atoms with Gasteiger partial charge < -0.3 is 26.0 Å². The van der Waals surface area contributed by atoms with E-state index in [1.165, 1.54) is 6.07 Å². The number of ether oxygens (including phenoxy) is 1. The van der Waals surface area contributed by atoms with Gasteiger partial charge in [-0.2, -0.15) is 5.26 Å². The number of fused-ring (bicyclic) bond motifs is 1. The van der Waals surface area contributed by atoms with E-state index in [0.717, 1.165) is 30.5 Å². The summed E-state index contributed by atoms with van der Waals surface area (Å²) >= 11 is 0. The van der Waals surface area contributed by atoms with Gasteiger partial charge >= 0.3 is 6.03 Å². The molecule has 9 heteroatoms. The molecule has 1 aliphatic heterocycles. The van der Waals surface area contributed by atoms with Crippen molar-refractivity contribution < 1.29 is 13.9 Å². The first-order chi connectivity index (χ1) is 17.2. The number of hydrogen-bond donors (Lipinski definition) is 4. The molecular weight excluding hydrogens is 459 g/mol. The quantitative estimate of drug-likeness (QED) is 0.273. The number of unbranched alkanes of at least 4 members (excludes halogenated alkanes) is 2. The van der Waals surface area contributed by atoms with Gasteiger partial charge in [-0.3, -0.25) is 0 Å². The molecule has 2 aromatic rings. The minimum Gasteiger partial charge on any atom is -0.493 e. The van der Waals surface area contributed by atoms with Gasteiger partial charge in [-0.25, -0.2) is 14.2 Å². The number of urea groups is 1. The number of rotatable bonds is 11. The van der Waals surface area contributed by atoms with Crippen molar-refractivity contribution in [2.45, 2.75) is 59.5 Å². The van der Waals surface area contributed by atoms with Crippen molar-refractivity contribution in [3.63, 3.8) is 0 Å². The lowest BCUT2D eigenvalue weighted by Crippen LogP contribution is -2.31. The topological polar surface area (TPSA) is 111 Å². The summed E-state index contributed by atoms with van der Waals surface area (Å²) in [6, 6.07) is 10.5. The van der Waals surface area contributed by atoms with E-state index in [-0.39, 0.29) is 6.03 Å². The monoisotopic (exact) mass is 494 g/mol. The van der Waals surface area contributed by atoms with E-state index in [4.69, 9.17) is 10.00 Å². The Bertz CT molecular complexity index is 1140. The molecule has 0 bridgehead atoms. The number of nitrogens with one attached hydrogen (secondary N) is 4. The van der Waals surface area contributed by atoms with Gasteiger partial charge in [0.25, 0.3) is 0 Å². The second kappa shape index (κ2) is 12.2. The van der Waals surface area contributed by atoms with E-state index in [1.807, 2.05) is 32.9 Å². The summed E-state index contributed by atoms with van der Waals surface area (Å²) in [5.41, 5.74) is 2.76. The zero-order valence-electron chi connectivity index (χ0n) is 21.4. The maximum absolute atomic E-state index is 15.0. The second-order valence-electron chi connectivity index (χ2n) is 9.55. The van der Waals surface area contributed by atoms with Gasteiger partial charge in [-0.15, -0.1) is 0 Å². The molecular formula is C27H35FN6O2. The number of nitriles is 1. The molecule has 0 fully saturated rings. The Morgan fingerprint density at radius 3 is 2.81 bits per heavy atom. The van der Waals surface area contributed by atoms with Crippen LogP contribution in [0.25, 0.3) is 0 Å². The van der Waals surface area contributed by atoms with Crippen LogP contribution in [0.1, 0.15) is 63.7 Å². The van der Waals surface area contributed by atoms with Gasteiger partial charge in [0.1, 0.15) is 11.6 Å². The van der Waals surface area contributed by atoms with Crippen LogP contribution in [0.5, 0.6) is 5.75 Å². The minimum atomic E-state index is -0.611. The van der Waals surface area contributed by atoms with Gasteiger partial charge in [-0.05, 0) is 57.4 Å². The molecule has 1 aliphatic rings. The summed E-state index contributed by atoms with van der Waals surface area (Å²) in [5, 5.41) is 20.9. The molecule has 0 saturated heterocycles. The maximum atomic E-state index is 15.0. The number of benzene rings is 2. The summed E-state index contributed by atoms with van der Waals surface area (Å²) in [7, 11) is 0. The lowest BCUT2D eigenvalue weighted by Gasteiger charge is -2.24. The fraction of sp³-hybridized carbons (Fsp3) is 0.444. The van der Waals surface area contributed by atoms with Crippen molar-refractivity contribution in [2.75, 3.05) is 29.1 Å². The SMILES string of the molecule is CCCCCOc1cc(F)c2c(c1)NC=NC2Nc1ccc(NC(=O)NCCC(C)(C)C#N)c(C)c1. The molecule has 8 nitrogen and oxygen atoms in total. The third-order valence-electron chi connectivity index (χ3n) is 5.95. The normalized spacial score (nSPS) is 14.3. The lowest BCUT2D eigenvalue weighted by molar-refractivity contribution is 0.251. The van der Waals surface area contributed by atoms with Crippen molar-refractivity contribution >= 4 is 29.4 Å². The van der Waals surface area contributed by atoms with Gasteiger partial charge in [0, 0.05) is 30.1 Å². The van der Waals surface area contributed by atoms with Crippen molar-refractivity contribution in [1.82, 2.24) is 5.32 Å². The maximum Gasteiger partial charge on any atom is 0.319 e. The van der Waals surface area contributed by atoms with Crippen molar-refractivity contribution in [1.29, 1.82) is 5.26 Å². The fourth-order valence-electron chi connectivity index (χ4n) is 3.74. The summed E-state index contributed by atoms with van der Waals surface area (Å²) in [6.07, 6.45) is 4.59. The zero-order valence-corrected chi connectivity index (χ0v) is 21.4.